The number of para-hydroxylation sites is 2. The van der Waals surface area contributed by atoms with Crippen LogP contribution >= 0.6 is 0 Å². The number of benzene rings is 5. The smallest absolute Gasteiger partial charge is 0.0803 e. The molecule has 1 aliphatic rings. The molecular weight excluding hydrogens is 834 g/mol. The predicted octanol–water partition coefficient (Wildman–Crippen LogP) is 12.1. The van der Waals surface area contributed by atoms with Crippen molar-refractivity contribution in [3.8, 4) is 11.5 Å². The molecule has 0 bridgehead atoms. The second-order valence-corrected chi connectivity index (χ2v) is 14.8. The van der Waals surface area contributed by atoms with Crippen molar-refractivity contribution in [2.75, 3.05) is 9.80 Å². The molecule has 0 aliphatic carbocycles. The van der Waals surface area contributed by atoms with Crippen LogP contribution < -0.4 is 14.8 Å². The van der Waals surface area contributed by atoms with E-state index in [4.69, 9.17) is 9.97 Å². The summed E-state index contributed by atoms with van der Waals surface area (Å²) in [6, 6.07) is 30.2. The number of anilines is 2. The van der Waals surface area contributed by atoms with Crippen LogP contribution in [0.4, 0.5) is 11.4 Å². The van der Waals surface area contributed by atoms with Crippen molar-refractivity contribution in [3.63, 3.8) is 0 Å². The quantitative estimate of drug-likeness (QED) is 0.0903. The van der Waals surface area contributed by atoms with Crippen molar-refractivity contribution in [2.24, 2.45) is 0 Å². The van der Waals surface area contributed by atoms with Crippen LogP contribution in [0.25, 0.3) is 44.1 Å². The van der Waals surface area contributed by atoms with E-state index in [9.17, 15) is 0 Å². The first-order valence-electron chi connectivity index (χ1n) is 18.5. The number of nitrogens with zero attached hydrogens (tertiary/aromatic N) is 6. The van der Waals surface area contributed by atoms with Crippen molar-refractivity contribution < 1.29 is 22.4 Å². The molecule has 0 N–H and O–H groups in total. The largest absolute Gasteiger partial charge is 0.479 e. The van der Waals surface area contributed by atoms with E-state index < -0.39 is 0 Å². The molecule has 0 saturated heterocycles. The first kappa shape index (κ1) is 38.0. The van der Waals surface area contributed by atoms with E-state index in [0.717, 1.165) is 21.8 Å². The Hall–Kier alpha value is -4.75. The summed E-state index contributed by atoms with van der Waals surface area (Å²) >= 11 is 0. The Bertz CT molecular complexity index is 2180. The number of aromatic nitrogens is 4. The molecule has 0 spiro atoms. The second kappa shape index (κ2) is 16.1. The zero-order chi connectivity index (χ0) is 36.5. The van der Waals surface area contributed by atoms with Gasteiger partial charge in [0.1, 0.15) is 0 Å². The Morgan fingerprint density at radius 3 is 1.45 bits per heavy atom. The molecule has 7 heteroatoms. The van der Waals surface area contributed by atoms with E-state index in [1.165, 1.54) is 44.4 Å². The van der Waals surface area contributed by atoms with E-state index in [1.807, 2.05) is 12.1 Å². The zero-order valence-corrected chi connectivity index (χ0v) is 34.0. The molecular formula is C46H48AuN6-2. The Labute approximate surface area is 329 Å². The first-order valence-corrected chi connectivity index (χ1v) is 18.5. The summed E-state index contributed by atoms with van der Waals surface area (Å²) in [6.07, 6.45) is 9.44. The van der Waals surface area contributed by atoms with Gasteiger partial charge in [-0.15, -0.1) is 6.67 Å². The van der Waals surface area contributed by atoms with Crippen molar-refractivity contribution in [2.45, 2.75) is 79.1 Å². The summed E-state index contributed by atoms with van der Waals surface area (Å²) in [5.41, 5.74) is 10.8. The third-order valence-electron chi connectivity index (χ3n) is 9.94. The molecule has 53 heavy (non-hydrogen) atoms. The number of hydrogen-bond donors (Lipinski definition) is 0. The maximum Gasteiger partial charge on any atom is 0.0803 e. The van der Waals surface area contributed by atoms with Gasteiger partial charge in [-0.2, -0.15) is 0 Å². The predicted molar refractivity (Wildman–Crippen MR) is 219 cm³/mol. The Morgan fingerprint density at radius 1 is 0.547 bits per heavy atom. The zero-order valence-electron chi connectivity index (χ0n) is 31.8. The van der Waals surface area contributed by atoms with Gasteiger partial charge in [0.05, 0.1) is 11.9 Å². The summed E-state index contributed by atoms with van der Waals surface area (Å²) in [6.45, 7) is 20.5. The first-order chi connectivity index (χ1) is 25.1. The van der Waals surface area contributed by atoms with Crippen LogP contribution in [0, 0.1) is 6.67 Å². The topological polar surface area (TPSA) is 59.2 Å². The molecule has 6 nitrogen and oxygen atoms in total. The van der Waals surface area contributed by atoms with Crippen LogP contribution in [-0.4, -0.2) is 15.0 Å². The molecule has 0 fully saturated rings. The van der Waals surface area contributed by atoms with Gasteiger partial charge >= 0.3 is 0 Å². The van der Waals surface area contributed by atoms with Gasteiger partial charge in [-0.3, -0.25) is 9.97 Å². The van der Waals surface area contributed by atoms with Crippen molar-refractivity contribution in [3.05, 3.63) is 145 Å². The van der Waals surface area contributed by atoms with Gasteiger partial charge in [0.2, 0.25) is 0 Å². The maximum absolute atomic E-state index is 4.75. The summed E-state index contributed by atoms with van der Waals surface area (Å²) in [5.74, 6) is 2.54. The molecule has 1 aliphatic heterocycles. The molecule has 0 unspecified atom stereocenters. The minimum absolute atomic E-state index is 0. The van der Waals surface area contributed by atoms with Crippen LogP contribution in [0.2, 0.25) is 0 Å². The minimum atomic E-state index is 0. The summed E-state index contributed by atoms with van der Waals surface area (Å²) < 4.78 is 0. The van der Waals surface area contributed by atoms with Crippen LogP contribution in [0.5, 0.6) is 0 Å². The normalized spacial score (nSPS) is 12.8. The SMILES string of the molecule is CC(C)c1cccc(C(C)C)c1N1C=CN(c2c(C(C)C)cccc2C(C)C)[CH-]1.[Au].c1ccc2c(c1)c1ccccc1c1[n-]c(-c3cnccn3)nc21. The molecule has 3 heterocycles. The van der Waals surface area contributed by atoms with Crippen molar-refractivity contribution >= 4 is 44.0 Å². The molecule has 8 rings (SSSR count). The van der Waals surface area contributed by atoms with Crippen LogP contribution in [-0.2, 0) is 22.4 Å². The van der Waals surface area contributed by atoms with Gasteiger partial charge in [0.25, 0.3) is 0 Å². The van der Waals surface area contributed by atoms with Gasteiger partial charge in [-0.05, 0) is 96.7 Å². The second-order valence-electron chi connectivity index (χ2n) is 14.8. The molecule has 1 radical (unpaired) electrons. The summed E-state index contributed by atoms with van der Waals surface area (Å²) in [5, 5.41) is 4.62. The molecule has 0 saturated carbocycles. The van der Waals surface area contributed by atoms with E-state index in [2.05, 4.69) is 167 Å². The van der Waals surface area contributed by atoms with Crippen molar-refractivity contribution in [1.29, 1.82) is 0 Å². The standard InChI is InChI=1S/C27H37N2.C19H11N4.Au/c1-18(2)22-11-9-12-23(19(3)4)26(22)28-15-16-29(17-28)27-24(20(5)6)13-10-14-25(27)21(7)8;1-3-7-14-12(5-1)13-6-2-4-8-15(13)18-17(14)22-19(23-18)16-11-20-9-10-21-16;/h9-21H,1-8H3;1-11H;/q2*-1;. The third kappa shape index (κ3) is 7.41. The van der Waals surface area contributed by atoms with Crippen LogP contribution in [0.3, 0.4) is 0 Å². The van der Waals surface area contributed by atoms with Gasteiger partial charge in [0.15, 0.2) is 0 Å². The summed E-state index contributed by atoms with van der Waals surface area (Å²) in [4.78, 5) is 22.6. The molecule has 275 valence electrons. The van der Waals surface area contributed by atoms with Crippen LogP contribution in [0.1, 0.15) is 101 Å². The van der Waals surface area contributed by atoms with E-state index >= 15 is 0 Å². The number of fused-ring (bicyclic) bond motifs is 6. The van der Waals surface area contributed by atoms with Crippen molar-refractivity contribution in [1.82, 2.24) is 19.9 Å². The van der Waals surface area contributed by atoms with Gasteiger partial charge in [0, 0.05) is 46.1 Å². The molecule has 7 aromatic rings. The fraction of sp³-hybridized carbons (Fsp3) is 0.261. The molecule has 0 atom stereocenters. The fourth-order valence-corrected chi connectivity index (χ4v) is 7.34. The van der Waals surface area contributed by atoms with E-state index in [0.29, 0.717) is 35.2 Å². The monoisotopic (exact) mass is 881 g/mol. The minimum Gasteiger partial charge on any atom is -0.479 e. The van der Waals surface area contributed by atoms with Gasteiger partial charge in [-0.1, -0.05) is 140 Å². The van der Waals surface area contributed by atoms with Crippen LogP contribution in [0.15, 0.2) is 116 Å². The summed E-state index contributed by atoms with van der Waals surface area (Å²) in [7, 11) is 0. The third-order valence-corrected chi connectivity index (χ3v) is 9.94. The van der Waals surface area contributed by atoms with Gasteiger partial charge < -0.3 is 19.8 Å². The van der Waals surface area contributed by atoms with E-state index in [-0.39, 0.29) is 22.4 Å². The van der Waals surface area contributed by atoms with E-state index in [1.54, 1.807) is 18.6 Å². The van der Waals surface area contributed by atoms with Gasteiger partial charge in [-0.25, -0.2) is 0 Å². The Morgan fingerprint density at radius 2 is 1.00 bits per heavy atom. The molecule has 0 amide bonds. The number of imidazole rings is 1. The Balaban J connectivity index is 0.000000182. The number of rotatable bonds is 7. The fourth-order valence-electron chi connectivity index (χ4n) is 7.34. The number of hydrogen-bond acceptors (Lipinski definition) is 5. The Kier molecular flexibility index (Phi) is 11.5. The average Bonchev–Trinajstić information content (AvgIpc) is 3.84. The average molecular weight is 882 g/mol. The molecule has 5 aromatic carbocycles. The maximum atomic E-state index is 4.75. The molecule has 2 aromatic heterocycles.